The van der Waals surface area contributed by atoms with Crippen LogP contribution in [0, 0.1) is 12.7 Å². The average molecular weight is 483 g/mol. The molecule has 0 saturated carbocycles. The molecule has 3 aliphatic heterocycles. The minimum Gasteiger partial charge on any atom is -0.508 e. The first kappa shape index (κ1) is 22.3. The molecule has 0 radical (unpaired) electrons. The van der Waals surface area contributed by atoms with Crippen molar-refractivity contribution in [3.05, 3.63) is 46.9 Å². The van der Waals surface area contributed by atoms with Crippen LogP contribution in [-0.4, -0.2) is 63.0 Å². The number of anilines is 1. The summed E-state index contributed by atoms with van der Waals surface area (Å²) in [6, 6.07) is 6.41. The van der Waals surface area contributed by atoms with Gasteiger partial charge in [-0.2, -0.15) is 9.97 Å². The molecule has 6 rings (SSSR count). The highest BCUT2D eigenvalue weighted by molar-refractivity contribution is 5.98. The first-order chi connectivity index (χ1) is 16.8. The molecule has 2 fully saturated rings. The molecule has 0 spiro atoms. The summed E-state index contributed by atoms with van der Waals surface area (Å²) in [6.45, 7) is 4.21. The standard InChI is InChI=1S/C26H28F2N4O3/c1-15-20(28)4-3-16-9-18(33)10-22(23(15)16)31-8-5-19-21(13-31)29-25(30-24(19)34)35-14-26-6-2-7-32(26)12-17(27)11-26/h3-4,9-10,17,33H,2,5-8,11-14H2,1H3,(H,29,30,34)/t17-,26+/m1/s1. The maximum atomic E-state index is 14.4. The average Bonchev–Trinajstić information content (AvgIpc) is 3.35. The Labute approximate surface area is 202 Å². The van der Waals surface area contributed by atoms with Gasteiger partial charge in [0, 0.05) is 42.2 Å². The summed E-state index contributed by atoms with van der Waals surface area (Å²) in [5.74, 6) is -0.314. The zero-order chi connectivity index (χ0) is 24.3. The van der Waals surface area contributed by atoms with Crippen molar-refractivity contribution in [3.63, 3.8) is 0 Å². The van der Waals surface area contributed by atoms with Crippen LogP contribution in [0.25, 0.3) is 10.8 Å². The smallest absolute Gasteiger partial charge is 0.320 e. The van der Waals surface area contributed by atoms with E-state index in [1.165, 1.54) is 6.07 Å². The molecule has 2 aromatic carbocycles. The van der Waals surface area contributed by atoms with Crippen LogP contribution in [0.2, 0.25) is 0 Å². The Morgan fingerprint density at radius 3 is 2.91 bits per heavy atom. The van der Waals surface area contributed by atoms with E-state index in [1.54, 1.807) is 25.1 Å². The van der Waals surface area contributed by atoms with Crippen LogP contribution < -0.4 is 9.64 Å². The number of nitrogens with zero attached hydrogens (tertiary/aromatic N) is 4. The molecular weight excluding hydrogens is 454 g/mol. The number of hydrogen-bond acceptors (Lipinski definition) is 7. The number of aromatic nitrogens is 2. The number of ether oxygens (including phenoxy) is 1. The molecule has 9 heteroatoms. The highest BCUT2D eigenvalue weighted by Gasteiger charge is 2.49. The van der Waals surface area contributed by atoms with Crippen LogP contribution in [0.15, 0.2) is 24.3 Å². The number of alkyl halides is 1. The highest BCUT2D eigenvalue weighted by Crippen LogP contribution is 2.41. The Hall–Kier alpha value is -3.20. The van der Waals surface area contributed by atoms with Crippen molar-refractivity contribution < 1.29 is 23.7 Å². The van der Waals surface area contributed by atoms with Crippen LogP contribution in [0.5, 0.6) is 17.6 Å². The van der Waals surface area contributed by atoms with E-state index < -0.39 is 6.17 Å². The minimum atomic E-state index is -0.851. The molecule has 2 saturated heterocycles. The lowest BCUT2D eigenvalue weighted by molar-refractivity contribution is 0.106. The number of rotatable bonds is 4. The summed E-state index contributed by atoms with van der Waals surface area (Å²) in [6.07, 6.45) is 1.97. The van der Waals surface area contributed by atoms with Crippen molar-refractivity contribution in [1.29, 1.82) is 0 Å². The van der Waals surface area contributed by atoms with E-state index >= 15 is 0 Å². The predicted octanol–water partition coefficient (Wildman–Crippen LogP) is 4.01. The van der Waals surface area contributed by atoms with E-state index in [2.05, 4.69) is 14.9 Å². The fraction of sp³-hybridized carbons (Fsp3) is 0.462. The van der Waals surface area contributed by atoms with Crippen molar-refractivity contribution in [2.24, 2.45) is 0 Å². The van der Waals surface area contributed by atoms with Gasteiger partial charge in [0.15, 0.2) is 0 Å². The summed E-state index contributed by atoms with van der Waals surface area (Å²) < 4.78 is 34.4. The van der Waals surface area contributed by atoms with Gasteiger partial charge < -0.3 is 19.8 Å². The second-order valence-electron chi connectivity index (χ2n) is 10.0. The minimum absolute atomic E-state index is 0.0784. The Balaban J connectivity index is 1.29. The molecule has 1 aromatic heterocycles. The molecule has 0 aliphatic carbocycles. The Kier molecular flexibility index (Phi) is 5.21. The zero-order valence-electron chi connectivity index (χ0n) is 19.6. The van der Waals surface area contributed by atoms with Crippen LogP contribution >= 0.6 is 0 Å². The second-order valence-corrected chi connectivity index (χ2v) is 10.0. The topological polar surface area (TPSA) is 82.0 Å². The molecule has 2 atom stereocenters. The van der Waals surface area contributed by atoms with E-state index in [1.807, 2.05) is 4.90 Å². The van der Waals surface area contributed by atoms with Gasteiger partial charge >= 0.3 is 6.01 Å². The lowest BCUT2D eigenvalue weighted by atomic mass is 9.95. The zero-order valence-corrected chi connectivity index (χ0v) is 19.6. The summed E-state index contributed by atoms with van der Waals surface area (Å²) in [5.41, 5.74) is 2.18. The number of aromatic hydroxyl groups is 2. The quantitative estimate of drug-likeness (QED) is 0.582. The number of fused-ring (bicyclic) bond motifs is 3. The van der Waals surface area contributed by atoms with E-state index in [0.29, 0.717) is 55.0 Å². The number of benzene rings is 2. The fourth-order valence-corrected chi connectivity index (χ4v) is 6.14. The number of halogens is 2. The number of phenols is 1. The summed E-state index contributed by atoms with van der Waals surface area (Å²) in [4.78, 5) is 12.9. The second kappa shape index (κ2) is 8.19. The third kappa shape index (κ3) is 3.73. The van der Waals surface area contributed by atoms with Crippen molar-refractivity contribution >= 4 is 16.5 Å². The molecule has 0 bridgehead atoms. The predicted molar refractivity (Wildman–Crippen MR) is 127 cm³/mol. The molecule has 35 heavy (non-hydrogen) atoms. The van der Waals surface area contributed by atoms with E-state index in [4.69, 9.17) is 4.74 Å². The van der Waals surface area contributed by atoms with Gasteiger partial charge in [-0.25, -0.2) is 8.78 Å². The highest BCUT2D eigenvalue weighted by atomic mass is 19.1. The summed E-state index contributed by atoms with van der Waals surface area (Å²) >= 11 is 0. The van der Waals surface area contributed by atoms with Gasteiger partial charge in [-0.1, -0.05) is 6.07 Å². The molecular formula is C26H28F2N4O3. The maximum absolute atomic E-state index is 14.4. The van der Waals surface area contributed by atoms with Gasteiger partial charge in [0.05, 0.1) is 17.8 Å². The summed E-state index contributed by atoms with van der Waals surface area (Å²) in [7, 11) is 0. The Morgan fingerprint density at radius 1 is 1.20 bits per heavy atom. The van der Waals surface area contributed by atoms with Crippen LogP contribution in [0.3, 0.4) is 0 Å². The Bertz CT molecular complexity index is 1320. The SMILES string of the molecule is Cc1c(F)ccc2cc(O)cc(N3CCc4c(O)nc(OC[C@@]56CCCN5C[C@H](F)C6)nc4C3)c12. The number of hydrogen-bond donors (Lipinski definition) is 2. The van der Waals surface area contributed by atoms with Crippen molar-refractivity contribution in [2.45, 2.75) is 50.9 Å². The first-order valence-corrected chi connectivity index (χ1v) is 12.1. The van der Waals surface area contributed by atoms with Gasteiger partial charge in [0.25, 0.3) is 0 Å². The van der Waals surface area contributed by atoms with E-state index in [-0.39, 0.29) is 35.6 Å². The first-order valence-electron chi connectivity index (χ1n) is 12.1. The van der Waals surface area contributed by atoms with Crippen LogP contribution in [0.4, 0.5) is 14.5 Å². The van der Waals surface area contributed by atoms with Gasteiger partial charge in [-0.05, 0) is 55.8 Å². The van der Waals surface area contributed by atoms with Gasteiger partial charge in [-0.15, -0.1) is 0 Å². The molecule has 7 nitrogen and oxygen atoms in total. The van der Waals surface area contributed by atoms with Gasteiger partial charge in [0.2, 0.25) is 5.88 Å². The largest absolute Gasteiger partial charge is 0.508 e. The third-order valence-corrected chi connectivity index (χ3v) is 7.87. The summed E-state index contributed by atoms with van der Waals surface area (Å²) in [5, 5.41) is 22.4. The normalized spacial score (nSPS) is 24.1. The number of aryl methyl sites for hydroxylation is 1. The van der Waals surface area contributed by atoms with Crippen LogP contribution in [-0.2, 0) is 13.0 Å². The van der Waals surface area contributed by atoms with E-state index in [9.17, 15) is 19.0 Å². The monoisotopic (exact) mass is 482 g/mol. The maximum Gasteiger partial charge on any atom is 0.320 e. The molecule has 0 amide bonds. The lowest BCUT2D eigenvalue weighted by Gasteiger charge is -2.32. The van der Waals surface area contributed by atoms with Crippen molar-refractivity contribution in [3.8, 4) is 17.6 Å². The molecule has 184 valence electrons. The molecule has 3 aromatic rings. The fourth-order valence-electron chi connectivity index (χ4n) is 6.14. The molecule has 4 heterocycles. The molecule has 2 N–H and O–H groups in total. The Morgan fingerprint density at radius 2 is 2.06 bits per heavy atom. The van der Waals surface area contributed by atoms with Gasteiger partial charge in [-0.3, -0.25) is 4.90 Å². The van der Waals surface area contributed by atoms with Gasteiger partial charge in [0.1, 0.15) is 24.3 Å². The van der Waals surface area contributed by atoms with Crippen LogP contribution in [0.1, 0.15) is 36.1 Å². The van der Waals surface area contributed by atoms with Crippen molar-refractivity contribution in [1.82, 2.24) is 14.9 Å². The third-order valence-electron chi connectivity index (χ3n) is 7.87. The van der Waals surface area contributed by atoms with Crippen molar-refractivity contribution in [2.75, 3.05) is 31.1 Å². The molecule has 3 aliphatic rings. The lowest BCUT2D eigenvalue weighted by Crippen LogP contribution is -2.43. The number of phenolic OH excluding ortho intramolecular Hbond substituents is 1. The molecule has 0 unspecified atom stereocenters. The van der Waals surface area contributed by atoms with E-state index in [0.717, 1.165) is 30.2 Å².